The topological polar surface area (TPSA) is 93.2 Å². The summed E-state index contributed by atoms with van der Waals surface area (Å²) in [5, 5.41) is 13.8. The van der Waals surface area contributed by atoms with Crippen molar-refractivity contribution in [2.24, 2.45) is 5.92 Å². The highest BCUT2D eigenvalue weighted by Crippen LogP contribution is 2.25. The zero-order valence-electron chi connectivity index (χ0n) is 15.6. The van der Waals surface area contributed by atoms with Gasteiger partial charge >= 0.3 is 6.09 Å². The molecule has 2 amide bonds. The van der Waals surface area contributed by atoms with Crippen molar-refractivity contribution in [3.8, 4) is 0 Å². The molecule has 0 aliphatic carbocycles. The van der Waals surface area contributed by atoms with Crippen molar-refractivity contribution < 1.29 is 14.3 Å². The third-order valence-corrected chi connectivity index (χ3v) is 5.74. The van der Waals surface area contributed by atoms with Crippen LogP contribution >= 0.6 is 23.1 Å². The molecule has 0 aliphatic rings. The lowest BCUT2D eigenvalue weighted by molar-refractivity contribution is -0.119. The van der Waals surface area contributed by atoms with Gasteiger partial charge in [0.25, 0.3) is 0 Å². The van der Waals surface area contributed by atoms with Crippen molar-refractivity contribution in [1.82, 2.24) is 15.5 Å². The normalized spacial score (nSPS) is 12.9. The minimum absolute atomic E-state index is 0.0633. The molecule has 2 N–H and O–H groups in total. The maximum Gasteiger partial charge on any atom is 0.408 e. The highest BCUT2D eigenvalue weighted by atomic mass is 32.2. The van der Waals surface area contributed by atoms with E-state index in [-0.39, 0.29) is 18.4 Å². The largest absolute Gasteiger partial charge is 0.445 e. The number of amides is 2. The summed E-state index contributed by atoms with van der Waals surface area (Å²) in [5.74, 6) is 0.490. The maximum atomic E-state index is 12.6. The molecule has 9 heteroatoms. The maximum absolute atomic E-state index is 12.6. The summed E-state index contributed by atoms with van der Waals surface area (Å²) >= 11 is 2.88. The van der Waals surface area contributed by atoms with Gasteiger partial charge in [-0.3, -0.25) is 10.1 Å². The van der Waals surface area contributed by atoms with Crippen LogP contribution < -0.4 is 10.6 Å². The van der Waals surface area contributed by atoms with E-state index >= 15 is 0 Å². The van der Waals surface area contributed by atoms with E-state index in [1.807, 2.05) is 51.1 Å². The Morgan fingerprint density at radius 2 is 1.96 bits per heavy atom. The number of carbonyl (C=O) groups excluding carboxylic acids is 2. The molecule has 7 nitrogen and oxygen atoms in total. The Kier molecular flexibility index (Phi) is 8.53. The monoisotopic (exact) mass is 408 g/mol. The fourth-order valence-electron chi connectivity index (χ4n) is 2.22. The molecule has 0 saturated carbocycles. The second kappa shape index (κ2) is 10.9. The van der Waals surface area contributed by atoms with E-state index in [9.17, 15) is 9.59 Å². The minimum atomic E-state index is -0.718. The van der Waals surface area contributed by atoms with Crippen LogP contribution in [-0.2, 0) is 16.1 Å². The number of nitrogens with zero attached hydrogens (tertiary/aromatic N) is 2. The molecule has 2 atom stereocenters. The molecule has 0 radical (unpaired) electrons. The van der Waals surface area contributed by atoms with Crippen molar-refractivity contribution in [3.05, 3.63) is 35.9 Å². The lowest BCUT2D eigenvalue weighted by atomic mass is 9.98. The summed E-state index contributed by atoms with van der Waals surface area (Å²) in [6, 6.07) is 8.66. The number of aromatic nitrogens is 2. The summed E-state index contributed by atoms with van der Waals surface area (Å²) in [4.78, 5) is 24.8. The smallest absolute Gasteiger partial charge is 0.408 e. The van der Waals surface area contributed by atoms with Crippen LogP contribution in [0.1, 0.15) is 32.8 Å². The molecule has 0 bridgehead atoms. The zero-order valence-corrected chi connectivity index (χ0v) is 17.2. The van der Waals surface area contributed by atoms with Crippen molar-refractivity contribution >= 4 is 40.2 Å². The Balaban J connectivity index is 1.94. The summed E-state index contributed by atoms with van der Waals surface area (Å²) in [5.41, 5.74) is 0.881. The summed E-state index contributed by atoms with van der Waals surface area (Å²) in [7, 11) is 0. The predicted molar refractivity (Wildman–Crippen MR) is 108 cm³/mol. The molecule has 0 spiro atoms. The second-order valence-corrected chi connectivity index (χ2v) is 8.35. The fraction of sp³-hybridized carbons (Fsp3) is 0.444. The first-order valence-electron chi connectivity index (χ1n) is 8.77. The van der Waals surface area contributed by atoms with Crippen molar-refractivity contribution in [2.45, 2.75) is 44.2 Å². The van der Waals surface area contributed by atoms with Crippen LogP contribution in [0.5, 0.6) is 0 Å². The van der Waals surface area contributed by atoms with Crippen LogP contribution in [0.4, 0.5) is 9.93 Å². The molecule has 27 heavy (non-hydrogen) atoms. The molecule has 0 unspecified atom stereocenters. The Morgan fingerprint density at radius 1 is 1.22 bits per heavy atom. The van der Waals surface area contributed by atoms with Gasteiger partial charge in [-0.25, -0.2) is 4.79 Å². The van der Waals surface area contributed by atoms with Gasteiger partial charge in [0.2, 0.25) is 11.0 Å². The lowest BCUT2D eigenvalue weighted by Gasteiger charge is -2.22. The number of ether oxygens (including phenoxy) is 1. The lowest BCUT2D eigenvalue weighted by Crippen LogP contribution is -2.47. The van der Waals surface area contributed by atoms with Crippen LogP contribution in [0, 0.1) is 5.92 Å². The molecule has 0 fully saturated rings. The van der Waals surface area contributed by atoms with Crippen LogP contribution in [0.2, 0.25) is 0 Å². The van der Waals surface area contributed by atoms with Gasteiger partial charge in [0.05, 0.1) is 0 Å². The molecule has 0 saturated heterocycles. The minimum Gasteiger partial charge on any atom is -0.445 e. The van der Waals surface area contributed by atoms with Crippen LogP contribution in [0.25, 0.3) is 0 Å². The number of carbonyl (C=O) groups is 2. The molecule has 1 heterocycles. The van der Waals surface area contributed by atoms with E-state index in [4.69, 9.17) is 4.74 Å². The van der Waals surface area contributed by atoms with Crippen molar-refractivity contribution in [3.63, 3.8) is 0 Å². The number of anilines is 1. The van der Waals surface area contributed by atoms with Gasteiger partial charge in [-0.05, 0) is 17.2 Å². The highest BCUT2D eigenvalue weighted by Gasteiger charge is 2.27. The third kappa shape index (κ3) is 6.84. The first kappa shape index (κ1) is 21.2. The van der Waals surface area contributed by atoms with Gasteiger partial charge < -0.3 is 10.1 Å². The second-order valence-electron chi connectivity index (χ2n) is 5.86. The summed E-state index contributed by atoms with van der Waals surface area (Å²) in [6.45, 7) is 6.03. The van der Waals surface area contributed by atoms with Gasteiger partial charge in [0.1, 0.15) is 12.6 Å². The molecule has 146 valence electrons. The molecule has 0 aliphatic heterocycles. The average molecular weight is 409 g/mol. The van der Waals surface area contributed by atoms with E-state index < -0.39 is 12.1 Å². The van der Waals surface area contributed by atoms with Crippen LogP contribution in [0.15, 0.2) is 34.7 Å². The Bertz CT molecular complexity index is 739. The highest BCUT2D eigenvalue weighted by molar-refractivity contribution is 8.01. The third-order valence-electron chi connectivity index (χ3n) is 3.89. The predicted octanol–water partition coefficient (Wildman–Crippen LogP) is 3.93. The van der Waals surface area contributed by atoms with Crippen LogP contribution in [0.3, 0.4) is 0 Å². The standard InChI is InChI=1S/C18H24N4O3S2/c1-4-12(3)14(15(23)20-16-21-22-18(27-16)26-5-2)19-17(24)25-11-13-9-7-6-8-10-13/h6-10,12,14H,4-5,11H2,1-3H3,(H,19,24)(H,20,21,23)/t12-,14+/m1/s1. The molecule has 1 aromatic heterocycles. The van der Waals surface area contributed by atoms with E-state index in [2.05, 4.69) is 20.8 Å². The Hall–Kier alpha value is -2.13. The molecule has 1 aromatic carbocycles. The number of rotatable bonds is 9. The zero-order chi connectivity index (χ0) is 19.6. The van der Waals surface area contributed by atoms with Gasteiger partial charge in [-0.2, -0.15) is 0 Å². The Labute approximate surface area is 167 Å². The average Bonchev–Trinajstić information content (AvgIpc) is 3.11. The number of nitrogens with one attached hydrogen (secondary N) is 2. The molecule has 2 rings (SSSR count). The van der Waals surface area contributed by atoms with E-state index in [0.29, 0.717) is 5.13 Å². The van der Waals surface area contributed by atoms with Gasteiger partial charge in [0.15, 0.2) is 4.34 Å². The van der Waals surface area contributed by atoms with E-state index in [1.54, 1.807) is 11.8 Å². The van der Waals surface area contributed by atoms with Crippen molar-refractivity contribution in [2.75, 3.05) is 11.1 Å². The summed E-state index contributed by atoms with van der Waals surface area (Å²) in [6.07, 6.45) is 0.100. The molecule has 2 aromatic rings. The van der Waals surface area contributed by atoms with Crippen LogP contribution in [-0.4, -0.2) is 34.0 Å². The number of alkyl carbamates (subject to hydrolysis) is 1. The molecular formula is C18H24N4O3S2. The first-order chi connectivity index (χ1) is 13.0. The van der Waals surface area contributed by atoms with Gasteiger partial charge in [0, 0.05) is 0 Å². The number of hydrogen-bond acceptors (Lipinski definition) is 7. The summed E-state index contributed by atoms with van der Waals surface area (Å²) < 4.78 is 6.03. The SMILES string of the molecule is CCSc1nnc(NC(=O)[C@@H](NC(=O)OCc2ccccc2)[C@H](C)CC)s1. The van der Waals surface area contributed by atoms with E-state index in [0.717, 1.165) is 22.1 Å². The van der Waals surface area contributed by atoms with Gasteiger partial charge in [-0.15, -0.1) is 10.2 Å². The number of hydrogen-bond donors (Lipinski definition) is 2. The first-order valence-corrected chi connectivity index (χ1v) is 10.6. The van der Waals surface area contributed by atoms with Crippen molar-refractivity contribution in [1.29, 1.82) is 0 Å². The Morgan fingerprint density at radius 3 is 2.63 bits per heavy atom. The van der Waals surface area contributed by atoms with E-state index in [1.165, 1.54) is 11.3 Å². The number of thioether (sulfide) groups is 1. The quantitative estimate of drug-likeness (QED) is 0.482. The fourth-order valence-corrected chi connectivity index (χ4v) is 3.87. The number of benzene rings is 1. The molecular weight excluding hydrogens is 384 g/mol. The van der Waals surface area contributed by atoms with Gasteiger partial charge in [-0.1, -0.05) is 80.6 Å².